The van der Waals surface area contributed by atoms with Crippen molar-refractivity contribution < 1.29 is 24.4 Å². The monoisotopic (exact) mass is 330 g/mol. The van der Waals surface area contributed by atoms with Crippen molar-refractivity contribution in [2.45, 2.75) is 17.9 Å². The second-order valence-electron chi connectivity index (χ2n) is 6.26. The van der Waals surface area contributed by atoms with Crippen LogP contribution in [0.25, 0.3) is 0 Å². The van der Waals surface area contributed by atoms with Crippen molar-refractivity contribution in [3.05, 3.63) is 58.2 Å². The lowest BCUT2D eigenvalue weighted by atomic mass is 9.75. The van der Waals surface area contributed by atoms with E-state index in [1.807, 2.05) is 6.07 Å². The highest BCUT2D eigenvalue weighted by atomic mass is 16.7. The van der Waals surface area contributed by atoms with E-state index in [1.165, 1.54) is 12.2 Å². The van der Waals surface area contributed by atoms with E-state index in [4.69, 9.17) is 4.74 Å². The topological polar surface area (TPSA) is 110 Å². The second-order valence-corrected chi connectivity index (χ2v) is 6.26. The molecule has 24 heavy (non-hydrogen) atoms. The minimum atomic E-state index is -2.08. The maximum Gasteiger partial charge on any atom is 0.358 e. The Hall–Kier alpha value is -2.58. The highest BCUT2D eigenvalue weighted by Crippen LogP contribution is 2.57. The van der Waals surface area contributed by atoms with Gasteiger partial charge in [-0.3, -0.25) is 29.3 Å². The molecule has 3 aliphatic rings. The van der Waals surface area contributed by atoms with Crippen LogP contribution in [-0.2, 0) is 20.9 Å². The SMILES string of the molecule is O=C1C2C(C(=O)N1Cc1ccccc1)C1([N+](=O)[O-])C=CC2(CO)O1. The molecular weight excluding hydrogens is 316 g/mol. The van der Waals surface area contributed by atoms with Crippen LogP contribution < -0.4 is 0 Å². The molecule has 4 atom stereocenters. The van der Waals surface area contributed by atoms with Gasteiger partial charge in [-0.05, 0) is 11.6 Å². The number of hydrogen-bond acceptors (Lipinski definition) is 6. The first-order chi connectivity index (χ1) is 11.4. The van der Waals surface area contributed by atoms with Gasteiger partial charge in [0.2, 0.25) is 11.8 Å². The van der Waals surface area contributed by atoms with E-state index in [9.17, 15) is 24.8 Å². The van der Waals surface area contributed by atoms with Crippen molar-refractivity contribution in [2.75, 3.05) is 6.61 Å². The van der Waals surface area contributed by atoms with Gasteiger partial charge in [-0.2, -0.15) is 0 Å². The van der Waals surface area contributed by atoms with Crippen LogP contribution >= 0.6 is 0 Å². The number of carbonyl (C=O) groups is 2. The van der Waals surface area contributed by atoms with Gasteiger partial charge in [0.1, 0.15) is 5.60 Å². The summed E-state index contributed by atoms with van der Waals surface area (Å²) in [5.41, 5.74) is -2.84. The van der Waals surface area contributed by atoms with E-state index in [0.29, 0.717) is 0 Å². The van der Waals surface area contributed by atoms with Gasteiger partial charge in [0.15, 0.2) is 5.92 Å². The lowest BCUT2D eigenvalue weighted by Gasteiger charge is -2.25. The highest BCUT2D eigenvalue weighted by molar-refractivity contribution is 6.07. The third kappa shape index (κ3) is 1.64. The molecule has 3 heterocycles. The summed E-state index contributed by atoms with van der Waals surface area (Å²) in [5.74, 6) is -3.50. The number of aliphatic hydroxyl groups excluding tert-OH is 1. The van der Waals surface area contributed by atoms with Gasteiger partial charge < -0.3 is 5.11 Å². The molecule has 0 aliphatic carbocycles. The molecule has 2 bridgehead atoms. The number of rotatable bonds is 4. The number of ether oxygens (including phenoxy) is 1. The molecule has 2 amide bonds. The number of aliphatic hydroxyl groups is 1. The van der Waals surface area contributed by atoms with Crippen molar-refractivity contribution in [2.24, 2.45) is 11.8 Å². The largest absolute Gasteiger partial charge is 0.393 e. The minimum absolute atomic E-state index is 0.0425. The molecule has 2 fully saturated rings. The Kier molecular flexibility index (Phi) is 2.94. The molecule has 4 unspecified atom stereocenters. The fraction of sp³-hybridized carbons (Fsp3) is 0.375. The third-order valence-corrected chi connectivity index (χ3v) is 5.04. The fourth-order valence-electron chi connectivity index (χ4n) is 3.92. The van der Waals surface area contributed by atoms with Crippen molar-refractivity contribution in [1.82, 2.24) is 4.90 Å². The van der Waals surface area contributed by atoms with E-state index >= 15 is 0 Å². The van der Waals surface area contributed by atoms with Gasteiger partial charge in [0.25, 0.3) is 0 Å². The Morgan fingerprint density at radius 1 is 1.17 bits per heavy atom. The predicted molar refractivity (Wildman–Crippen MR) is 78.7 cm³/mol. The maximum atomic E-state index is 12.8. The molecular formula is C16H14N2O6. The minimum Gasteiger partial charge on any atom is -0.393 e. The van der Waals surface area contributed by atoms with Crippen LogP contribution in [0.15, 0.2) is 42.5 Å². The van der Waals surface area contributed by atoms with Crippen LogP contribution in [0.3, 0.4) is 0 Å². The number of carbonyl (C=O) groups excluding carboxylic acids is 2. The molecule has 1 aromatic rings. The summed E-state index contributed by atoms with van der Waals surface area (Å²) in [5, 5.41) is 21.3. The summed E-state index contributed by atoms with van der Waals surface area (Å²) >= 11 is 0. The molecule has 2 saturated heterocycles. The van der Waals surface area contributed by atoms with Gasteiger partial charge in [0.05, 0.1) is 24.0 Å². The van der Waals surface area contributed by atoms with E-state index in [-0.39, 0.29) is 6.54 Å². The highest BCUT2D eigenvalue weighted by Gasteiger charge is 2.79. The molecule has 4 rings (SSSR count). The van der Waals surface area contributed by atoms with E-state index in [1.54, 1.807) is 24.3 Å². The number of fused-ring (bicyclic) bond motifs is 5. The van der Waals surface area contributed by atoms with Crippen LogP contribution in [-0.4, -0.2) is 44.7 Å². The Morgan fingerprint density at radius 2 is 1.83 bits per heavy atom. The zero-order valence-electron chi connectivity index (χ0n) is 12.5. The Morgan fingerprint density at radius 3 is 2.46 bits per heavy atom. The van der Waals surface area contributed by atoms with Crippen molar-refractivity contribution in [1.29, 1.82) is 0 Å². The number of nitrogens with zero attached hydrogens (tertiary/aromatic N) is 2. The lowest BCUT2D eigenvalue weighted by molar-refractivity contribution is -0.613. The summed E-state index contributed by atoms with van der Waals surface area (Å²) in [4.78, 5) is 37.4. The zero-order valence-corrected chi connectivity index (χ0v) is 12.5. The maximum absolute atomic E-state index is 12.8. The van der Waals surface area contributed by atoms with Crippen LogP contribution in [0.1, 0.15) is 5.56 Å². The van der Waals surface area contributed by atoms with Crippen LogP contribution in [0.2, 0.25) is 0 Å². The first kappa shape index (κ1) is 15.0. The van der Waals surface area contributed by atoms with Gasteiger partial charge in [-0.15, -0.1) is 0 Å². The second kappa shape index (κ2) is 4.71. The van der Waals surface area contributed by atoms with E-state index in [0.717, 1.165) is 10.5 Å². The summed E-state index contributed by atoms with van der Waals surface area (Å²) in [6, 6.07) is 8.91. The summed E-state index contributed by atoms with van der Waals surface area (Å²) in [6.45, 7) is -0.556. The molecule has 124 valence electrons. The number of nitro groups is 1. The Bertz CT molecular complexity index is 778. The van der Waals surface area contributed by atoms with Crippen LogP contribution in [0.4, 0.5) is 0 Å². The first-order valence-electron chi connectivity index (χ1n) is 7.50. The first-order valence-corrected chi connectivity index (χ1v) is 7.50. The summed E-state index contributed by atoms with van der Waals surface area (Å²) < 4.78 is 5.44. The standard InChI is InChI=1S/C16H14N2O6/c19-9-15-6-7-16(24-15,18(22)23)12-11(15)13(20)17(14(12)21)8-10-4-2-1-3-5-10/h1-7,11-12,19H,8-9H2. The number of likely N-dealkylation sites (tertiary alicyclic amines) is 1. The van der Waals surface area contributed by atoms with Crippen LogP contribution in [0.5, 0.6) is 0 Å². The third-order valence-electron chi connectivity index (χ3n) is 5.04. The molecule has 3 aliphatic heterocycles. The molecule has 0 spiro atoms. The average molecular weight is 330 g/mol. The van der Waals surface area contributed by atoms with Crippen molar-refractivity contribution in [3.8, 4) is 0 Å². The molecule has 0 saturated carbocycles. The summed E-state index contributed by atoms with van der Waals surface area (Å²) in [6.07, 6.45) is 2.52. The quantitative estimate of drug-likeness (QED) is 0.363. The van der Waals surface area contributed by atoms with Gasteiger partial charge in [-0.25, -0.2) is 0 Å². The van der Waals surface area contributed by atoms with Gasteiger partial charge in [-0.1, -0.05) is 30.3 Å². The van der Waals surface area contributed by atoms with Gasteiger partial charge >= 0.3 is 5.72 Å². The van der Waals surface area contributed by atoms with Gasteiger partial charge in [0, 0.05) is 6.08 Å². The molecule has 8 nitrogen and oxygen atoms in total. The fourth-order valence-corrected chi connectivity index (χ4v) is 3.92. The van der Waals surface area contributed by atoms with E-state index < -0.39 is 46.5 Å². The van der Waals surface area contributed by atoms with Crippen molar-refractivity contribution in [3.63, 3.8) is 0 Å². The smallest absolute Gasteiger partial charge is 0.358 e. The molecule has 8 heteroatoms. The molecule has 1 aromatic carbocycles. The predicted octanol–water partition coefficient (Wildman–Crippen LogP) is 0.0919. The molecule has 1 N–H and O–H groups in total. The van der Waals surface area contributed by atoms with Crippen LogP contribution in [0, 0.1) is 22.0 Å². The number of hydrogen-bond donors (Lipinski definition) is 1. The zero-order chi connectivity index (χ0) is 17.1. The lowest BCUT2D eigenvalue weighted by Crippen LogP contribution is -2.46. The Balaban J connectivity index is 1.75. The number of amides is 2. The average Bonchev–Trinajstić information content (AvgIpc) is 3.20. The summed E-state index contributed by atoms with van der Waals surface area (Å²) in [7, 11) is 0. The normalized spacial score (nSPS) is 36.5. The molecule has 0 radical (unpaired) electrons. The number of benzene rings is 1. The van der Waals surface area contributed by atoms with Crippen molar-refractivity contribution >= 4 is 11.8 Å². The number of imide groups is 1. The van der Waals surface area contributed by atoms with E-state index in [2.05, 4.69) is 0 Å². The Labute approximate surface area is 136 Å². The molecule has 0 aromatic heterocycles.